The average molecular weight is 320 g/mol. The minimum Gasteiger partial charge on any atom is -0.467 e. The second-order valence-corrected chi connectivity index (χ2v) is 7.20. The smallest absolute Gasteiger partial charge is 0.330 e. The Morgan fingerprint density at radius 3 is 2.52 bits per heavy atom. The van der Waals surface area contributed by atoms with Gasteiger partial charge in [0.25, 0.3) is 0 Å². The van der Waals surface area contributed by atoms with Crippen LogP contribution in [0.4, 0.5) is 0 Å². The van der Waals surface area contributed by atoms with Gasteiger partial charge in [-0.05, 0) is 25.7 Å². The van der Waals surface area contributed by atoms with Gasteiger partial charge in [-0.25, -0.2) is 9.80 Å². The average Bonchev–Trinajstić information content (AvgIpc) is 2.57. The van der Waals surface area contributed by atoms with E-state index in [4.69, 9.17) is 14.5 Å². The summed E-state index contributed by atoms with van der Waals surface area (Å²) in [5.41, 5.74) is 0. The van der Waals surface area contributed by atoms with Crippen LogP contribution >= 0.6 is 7.60 Å². The maximum atomic E-state index is 12.6. The summed E-state index contributed by atoms with van der Waals surface area (Å²) < 4.78 is 16.0. The van der Waals surface area contributed by atoms with Crippen LogP contribution in [0.1, 0.15) is 25.7 Å². The molecule has 0 aromatic carbocycles. The Hall–Kier alpha value is -0.950. The number of amides is 1. The number of fused-ring (bicyclic) bond motifs is 1. The second kappa shape index (κ2) is 6.44. The number of carbonyl (C=O) groups is 2. The van der Waals surface area contributed by atoms with Crippen molar-refractivity contribution < 1.29 is 28.7 Å². The summed E-state index contributed by atoms with van der Waals surface area (Å²) in [7, 11) is -3.00. The maximum absolute atomic E-state index is 12.6. The number of hydrogen-bond acceptors (Lipinski definition) is 5. The Kier molecular flexibility index (Phi) is 5.03. The molecule has 8 nitrogen and oxygen atoms in total. The molecule has 2 aliphatic rings. The minimum absolute atomic E-state index is 0.383. The van der Waals surface area contributed by atoms with Crippen molar-refractivity contribution in [1.82, 2.24) is 10.0 Å². The molecule has 0 bridgehead atoms. The number of methoxy groups -OCH3 is 1. The number of hydrogen-bond donors (Lipinski definition) is 2. The van der Waals surface area contributed by atoms with E-state index in [0.717, 1.165) is 6.42 Å². The molecule has 0 aromatic heterocycles. The van der Waals surface area contributed by atoms with E-state index >= 15 is 0 Å². The zero-order chi connectivity index (χ0) is 15.6. The third-order valence-electron chi connectivity index (χ3n) is 3.97. The molecule has 9 heteroatoms. The van der Waals surface area contributed by atoms with Gasteiger partial charge in [0.2, 0.25) is 5.91 Å². The monoisotopic (exact) mass is 320 g/mol. The Bertz CT molecular complexity index is 465. The first kappa shape index (κ1) is 16.4. The molecule has 0 aromatic rings. The van der Waals surface area contributed by atoms with Crippen LogP contribution in [0.15, 0.2) is 0 Å². The molecule has 21 heavy (non-hydrogen) atoms. The molecule has 2 N–H and O–H groups in total. The van der Waals surface area contributed by atoms with Gasteiger partial charge in [0.1, 0.15) is 6.04 Å². The maximum Gasteiger partial charge on any atom is 0.330 e. The van der Waals surface area contributed by atoms with Gasteiger partial charge in [-0.1, -0.05) is 0 Å². The van der Waals surface area contributed by atoms with Crippen molar-refractivity contribution in [1.29, 1.82) is 0 Å². The van der Waals surface area contributed by atoms with Crippen molar-refractivity contribution in [2.75, 3.05) is 26.4 Å². The van der Waals surface area contributed by atoms with E-state index < -0.39 is 31.7 Å². The van der Waals surface area contributed by atoms with Gasteiger partial charge in [0.15, 0.2) is 0 Å². The predicted molar refractivity (Wildman–Crippen MR) is 73.1 cm³/mol. The molecule has 2 rings (SSSR count). The zero-order valence-corrected chi connectivity index (χ0v) is 12.9. The van der Waals surface area contributed by atoms with Crippen LogP contribution in [-0.4, -0.2) is 64.1 Å². The summed E-state index contributed by atoms with van der Waals surface area (Å²) in [6.07, 6.45) is 1.92. The van der Waals surface area contributed by atoms with Crippen LogP contribution < -0.4 is 0 Å². The lowest BCUT2D eigenvalue weighted by Crippen LogP contribution is -2.59. The van der Waals surface area contributed by atoms with Gasteiger partial charge >= 0.3 is 13.6 Å². The number of carbonyl (C=O) groups excluding carboxylic acids is 2. The van der Waals surface area contributed by atoms with Gasteiger partial charge in [0, 0.05) is 13.1 Å². The fourth-order valence-electron chi connectivity index (χ4n) is 3.05. The number of esters is 1. The summed E-state index contributed by atoms with van der Waals surface area (Å²) in [6.45, 7) is 1.28. The molecule has 0 aliphatic carbocycles. The predicted octanol–water partition coefficient (Wildman–Crippen LogP) is -0.0449. The number of rotatable bonds is 3. The van der Waals surface area contributed by atoms with E-state index in [9.17, 15) is 14.2 Å². The Balaban J connectivity index is 2.24. The van der Waals surface area contributed by atoms with E-state index in [1.807, 2.05) is 5.01 Å². The van der Waals surface area contributed by atoms with Crippen molar-refractivity contribution in [2.45, 2.75) is 31.7 Å². The van der Waals surface area contributed by atoms with Gasteiger partial charge in [-0.15, -0.1) is 0 Å². The number of hydrazine groups is 1. The molecule has 0 radical (unpaired) electrons. The van der Waals surface area contributed by atoms with E-state index in [2.05, 4.69) is 0 Å². The molecular weight excluding hydrogens is 299 g/mol. The fraction of sp³-hybridized carbons (Fsp3) is 0.833. The third kappa shape index (κ3) is 3.83. The molecule has 2 atom stereocenters. The molecule has 2 aliphatic heterocycles. The summed E-state index contributed by atoms with van der Waals surface area (Å²) in [6, 6.07) is -0.686. The molecular formula is C12H21N2O6P. The van der Waals surface area contributed by atoms with Crippen molar-refractivity contribution in [2.24, 2.45) is 5.92 Å². The first-order chi connectivity index (χ1) is 9.83. The van der Waals surface area contributed by atoms with Gasteiger partial charge < -0.3 is 14.5 Å². The van der Waals surface area contributed by atoms with E-state index in [-0.39, 0.29) is 5.91 Å². The first-order valence-corrected chi connectivity index (χ1v) is 8.83. The van der Waals surface area contributed by atoms with Crippen molar-refractivity contribution in [3.05, 3.63) is 0 Å². The van der Waals surface area contributed by atoms with Crippen LogP contribution in [0.5, 0.6) is 0 Å². The van der Waals surface area contributed by atoms with E-state index in [1.165, 1.54) is 12.1 Å². The Morgan fingerprint density at radius 2 is 1.95 bits per heavy atom. The molecule has 0 unspecified atom stereocenters. The molecule has 0 spiro atoms. The number of ether oxygens (including phenoxy) is 1. The lowest BCUT2D eigenvalue weighted by atomic mass is 10.0. The largest absolute Gasteiger partial charge is 0.467 e. The van der Waals surface area contributed by atoms with Crippen LogP contribution in [0.25, 0.3) is 0 Å². The summed E-state index contributed by atoms with van der Waals surface area (Å²) in [5.74, 6) is -1.61. The highest BCUT2D eigenvalue weighted by atomic mass is 31.2. The van der Waals surface area contributed by atoms with Gasteiger partial charge in [-0.2, -0.15) is 0 Å². The van der Waals surface area contributed by atoms with Crippen LogP contribution in [0.2, 0.25) is 0 Å². The van der Waals surface area contributed by atoms with Crippen molar-refractivity contribution in [3.8, 4) is 0 Å². The molecule has 0 saturated carbocycles. The Labute approximate surface area is 123 Å². The van der Waals surface area contributed by atoms with Crippen LogP contribution in [0, 0.1) is 5.92 Å². The zero-order valence-electron chi connectivity index (χ0n) is 12.0. The van der Waals surface area contributed by atoms with Gasteiger partial charge in [-0.3, -0.25) is 14.4 Å². The van der Waals surface area contributed by atoms with E-state index in [1.54, 1.807) is 0 Å². The summed E-state index contributed by atoms with van der Waals surface area (Å²) in [5, 5.41) is 3.19. The molecule has 120 valence electrons. The molecule has 1 amide bonds. The van der Waals surface area contributed by atoms with Crippen LogP contribution in [-0.2, 0) is 18.9 Å². The minimum atomic E-state index is -4.27. The molecule has 2 saturated heterocycles. The first-order valence-electron chi connectivity index (χ1n) is 7.04. The highest BCUT2D eigenvalue weighted by Gasteiger charge is 2.43. The second-order valence-electron chi connectivity index (χ2n) is 5.50. The molecule has 2 fully saturated rings. The van der Waals surface area contributed by atoms with E-state index in [0.29, 0.717) is 32.4 Å². The standard InChI is InChI=1S/C12H21N2O6P/c1-20-12(16)10-5-3-7-13-6-2-4-9(8-21(17,18)19)11(15)14(10)13/h9-10H,2-8H2,1H3,(H2,17,18,19)/t9-,10+/m1/s1. The Morgan fingerprint density at radius 1 is 1.33 bits per heavy atom. The summed E-state index contributed by atoms with van der Waals surface area (Å²) in [4.78, 5) is 42.8. The normalized spacial score (nSPS) is 28.0. The van der Waals surface area contributed by atoms with Crippen molar-refractivity contribution in [3.63, 3.8) is 0 Å². The lowest BCUT2D eigenvalue weighted by molar-refractivity contribution is -0.176. The quantitative estimate of drug-likeness (QED) is 0.555. The van der Waals surface area contributed by atoms with Crippen LogP contribution in [0.3, 0.4) is 0 Å². The topological polar surface area (TPSA) is 107 Å². The van der Waals surface area contributed by atoms with Gasteiger partial charge in [0.05, 0.1) is 19.2 Å². The molecule has 2 heterocycles. The third-order valence-corrected chi connectivity index (χ3v) is 4.89. The number of nitrogens with zero attached hydrogens (tertiary/aromatic N) is 2. The van der Waals surface area contributed by atoms with Crippen molar-refractivity contribution >= 4 is 19.5 Å². The highest BCUT2D eigenvalue weighted by molar-refractivity contribution is 7.51. The SMILES string of the molecule is COC(=O)[C@@H]1CCCN2CCC[C@H](CP(=O)(O)O)C(=O)N12. The highest BCUT2D eigenvalue weighted by Crippen LogP contribution is 2.40. The lowest BCUT2D eigenvalue weighted by Gasteiger charge is -2.42. The fourth-order valence-corrected chi connectivity index (χ4v) is 3.96. The summed E-state index contributed by atoms with van der Waals surface area (Å²) >= 11 is 0.